The summed E-state index contributed by atoms with van der Waals surface area (Å²) in [6, 6.07) is 7.76. The molecule has 1 fully saturated rings. The number of hydrogen-bond donors (Lipinski definition) is 1. The summed E-state index contributed by atoms with van der Waals surface area (Å²) in [7, 11) is 0. The summed E-state index contributed by atoms with van der Waals surface area (Å²) in [5.41, 5.74) is 2.96. The monoisotopic (exact) mass is 428 g/mol. The highest BCUT2D eigenvalue weighted by molar-refractivity contribution is 7.17. The molecule has 2 heterocycles. The van der Waals surface area contributed by atoms with E-state index in [9.17, 15) is 9.59 Å². The highest BCUT2D eigenvalue weighted by atomic mass is 32.1. The van der Waals surface area contributed by atoms with E-state index in [1.165, 1.54) is 4.88 Å². The predicted octanol–water partition coefficient (Wildman–Crippen LogP) is 3.68. The van der Waals surface area contributed by atoms with Gasteiger partial charge in [0.25, 0.3) is 11.8 Å². The molecule has 0 unspecified atom stereocenters. The van der Waals surface area contributed by atoms with Crippen LogP contribution in [-0.4, -0.2) is 49.6 Å². The van der Waals surface area contributed by atoms with Gasteiger partial charge in [0.2, 0.25) is 0 Å². The molecule has 1 saturated heterocycles. The van der Waals surface area contributed by atoms with Gasteiger partial charge in [-0.25, -0.2) is 0 Å². The molecule has 160 valence electrons. The molecule has 7 heteroatoms. The van der Waals surface area contributed by atoms with Gasteiger partial charge in [0.05, 0.1) is 18.8 Å². The van der Waals surface area contributed by atoms with Crippen molar-refractivity contribution in [2.24, 2.45) is 0 Å². The molecule has 1 aromatic heterocycles. The Labute approximate surface area is 181 Å². The van der Waals surface area contributed by atoms with E-state index in [4.69, 9.17) is 9.47 Å². The minimum Gasteiger partial charge on any atom is -0.484 e. The van der Waals surface area contributed by atoms with Gasteiger partial charge in [-0.15, -0.1) is 11.3 Å². The zero-order chi connectivity index (χ0) is 20.9. The molecule has 0 radical (unpaired) electrons. The first-order valence-electron chi connectivity index (χ1n) is 10.7. The van der Waals surface area contributed by atoms with Crippen LogP contribution in [0.2, 0.25) is 0 Å². The van der Waals surface area contributed by atoms with Crippen molar-refractivity contribution >= 4 is 28.2 Å². The van der Waals surface area contributed by atoms with Gasteiger partial charge in [-0.3, -0.25) is 9.59 Å². The first-order valence-corrected chi connectivity index (χ1v) is 11.5. The van der Waals surface area contributed by atoms with Gasteiger partial charge in [-0.2, -0.15) is 0 Å². The van der Waals surface area contributed by atoms with Crippen LogP contribution in [0.3, 0.4) is 0 Å². The minimum absolute atomic E-state index is 0.00423. The third-order valence-electron chi connectivity index (χ3n) is 5.61. The first-order chi connectivity index (χ1) is 14.7. The lowest BCUT2D eigenvalue weighted by Crippen LogP contribution is -2.41. The summed E-state index contributed by atoms with van der Waals surface area (Å²) in [4.78, 5) is 29.0. The fraction of sp³-hybridized carbons (Fsp3) is 0.478. The Morgan fingerprint density at radius 3 is 2.80 bits per heavy atom. The van der Waals surface area contributed by atoms with E-state index in [2.05, 4.69) is 12.2 Å². The van der Waals surface area contributed by atoms with Crippen LogP contribution in [0.4, 0.5) is 5.00 Å². The van der Waals surface area contributed by atoms with Gasteiger partial charge in [0.1, 0.15) is 10.8 Å². The molecule has 2 aromatic rings. The van der Waals surface area contributed by atoms with Crippen molar-refractivity contribution in [3.8, 4) is 5.75 Å². The standard InChI is InChI=1S/C23H28N2O4S/c1-2-16-6-5-7-17(14-16)29-15-20(26)24-22-21(18-8-3-4-9-19(18)30-22)23(27)25-10-12-28-13-11-25/h5-7,14H,2-4,8-13,15H2,1H3,(H,24,26). The fourth-order valence-corrected chi connectivity index (χ4v) is 5.27. The van der Waals surface area contributed by atoms with Crippen LogP contribution in [0.1, 0.15) is 46.1 Å². The summed E-state index contributed by atoms with van der Waals surface area (Å²) < 4.78 is 11.1. The molecular formula is C23H28N2O4S. The van der Waals surface area contributed by atoms with E-state index in [1.807, 2.05) is 29.2 Å². The topological polar surface area (TPSA) is 67.9 Å². The Kier molecular flexibility index (Phi) is 6.69. The van der Waals surface area contributed by atoms with Crippen LogP contribution < -0.4 is 10.1 Å². The van der Waals surface area contributed by atoms with Crippen molar-refractivity contribution in [3.05, 3.63) is 45.8 Å². The highest BCUT2D eigenvalue weighted by Gasteiger charge is 2.30. The van der Waals surface area contributed by atoms with E-state index in [0.717, 1.165) is 43.2 Å². The Morgan fingerprint density at radius 1 is 1.20 bits per heavy atom. The normalized spacial score (nSPS) is 16.1. The van der Waals surface area contributed by atoms with Crippen LogP contribution >= 0.6 is 11.3 Å². The number of thiophene rings is 1. The molecular weight excluding hydrogens is 400 g/mol. The summed E-state index contributed by atoms with van der Waals surface area (Å²) in [6.07, 6.45) is 4.99. The summed E-state index contributed by atoms with van der Waals surface area (Å²) in [6.45, 7) is 4.30. The van der Waals surface area contributed by atoms with Crippen molar-refractivity contribution in [1.82, 2.24) is 4.90 Å². The van der Waals surface area contributed by atoms with Gasteiger partial charge >= 0.3 is 0 Å². The summed E-state index contributed by atoms with van der Waals surface area (Å²) in [5, 5.41) is 3.62. The molecule has 1 aliphatic heterocycles. The molecule has 0 saturated carbocycles. The quantitative estimate of drug-likeness (QED) is 0.762. The molecule has 2 amide bonds. The molecule has 1 N–H and O–H groups in total. The van der Waals surface area contributed by atoms with E-state index in [0.29, 0.717) is 42.6 Å². The molecule has 30 heavy (non-hydrogen) atoms. The number of hydrogen-bond acceptors (Lipinski definition) is 5. The lowest BCUT2D eigenvalue weighted by Gasteiger charge is -2.27. The highest BCUT2D eigenvalue weighted by Crippen LogP contribution is 2.39. The average molecular weight is 429 g/mol. The van der Waals surface area contributed by atoms with Crippen molar-refractivity contribution < 1.29 is 19.1 Å². The number of nitrogens with one attached hydrogen (secondary N) is 1. The maximum atomic E-state index is 13.3. The number of carbonyl (C=O) groups is 2. The van der Waals surface area contributed by atoms with E-state index in [1.54, 1.807) is 11.3 Å². The summed E-state index contributed by atoms with van der Waals surface area (Å²) in [5.74, 6) is 0.440. The molecule has 0 bridgehead atoms. The van der Waals surface area contributed by atoms with Crippen LogP contribution in [-0.2, 0) is 28.8 Å². The zero-order valence-corrected chi connectivity index (χ0v) is 18.2. The molecule has 0 spiro atoms. The van der Waals surface area contributed by atoms with Crippen LogP contribution in [0.25, 0.3) is 0 Å². The maximum absolute atomic E-state index is 13.3. The lowest BCUT2D eigenvalue weighted by molar-refractivity contribution is -0.118. The Morgan fingerprint density at radius 2 is 2.00 bits per heavy atom. The largest absolute Gasteiger partial charge is 0.484 e. The molecule has 1 aromatic carbocycles. The lowest BCUT2D eigenvalue weighted by atomic mass is 9.95. The molecule has 1 aliphatic carbocycles. The number of aryl methyl sites for hydroxylation is 2. The van der Waals surface area contributed by atoms with E-state index >= 15 is 0 Å². The minimum atomic E-state index is -0.244. The number of rotatable bonds is 6. The number of ether oxygens (including phenoxy) is 2. The fourth-order valence-electron chi connectivity index (χ4n) is 3.97. The van der Waals surface area contributed by atoms with Crippen molar-refractivity contribution in [2.75, 3.05) is 38.2 Å². The van der Waals surface area contributed by atoms with Gasteiger partial charge in [0.15, 0.2) is 6.61 Å². The first kappa shape index (κ1) is 20.9. The maximum Gasteiger partial charge on any atom is 0.262 e. The molecule has 4 rings (SSSR count). The average Bonchev–Trinajstić information content (AvgIpc) is 3.15. The Balaban J connectivity index is 1.49. The van der Waals surface area contributed by atoms with E-state index in [-0.39, 0.29) is 18.4 Å². The van der Waals surface area contributed by atoms with Crippen LogP contribution in [0, 0.1) is 0 Å². The van der Waals surface area contributed by atoms with Crippen molar-refractivity contribution in [2.45, 2.75) is 39.0 Å². The van der Waals surface area contributed by atoms with Gasteiger partial charge in [0, 0.05) is 18.0 Å². The van der Waals surface area contributed by atoms with Gasteiger partial charge in [-0.1, -0.05) is 19.1 Å². The third kappa shape index (κ3) is 4.68. The van der Waals surface area contributed by atoms with E-state index < -0.39 is 0 Å². The Hall–Kier alpha value is -2.38. The summed E-state index contributed by atoms with van der Waals surface area (Å²) >= 11 is 1.54. The zero-order valence-electron chi connectivity index (χ0n) is 17.4. The number of amides is 2. The number of carbonyl (C=O) groups excluding carboxylic acids is 2. The number of benzene rings is 1. The second-order valence-electron chi connectivity index (χ2n) is 7.66. The van der Waals surface area contributed by atoms with Crippen LogP contribution in [0.5, 0.6) is 5.75 Å². The van der Waals surface area contributed by atoms with Crippen molar-refractivity contribution in [3.63, 3.8) is 0 Å². The molecule has 2 aliphatic rings. The third-order valence-corrected chi connectivity index (χ3v) is 6.82. The number of morpholine rings is 1. The van der Waals surface area contributed by atoms with Gasteiger partial charge in [-0.05, 0) is 55.4 Å². The van der Waals surface area contributed by atoms with Crippen LogP contribution in [0.15, 0.2) is 24.3 Å². The Bertz CT molecular complexity index is 918. The molecule has 0 atom stereocenters. The second-order valence-corrected chi connectivity index (χ2v) is 8.76. The van der Waals surface area contributed by atoms with Gasteiger partial charge < -0.3 is 19.7 Å². The number of nitrogens with zero attached hydrogens (tertiary/aromatic N) is 1. The second kappa shape index (κ2) is 9.62. The SMILES string of the molecule is CCc1cccc(OCC(=O)Nc2sc3c(c2C(=O)N2CCOCC2)CCCC3)c1. The predicted molar refractivity (Wildman–Crippen MR) is 118 cm³/mol. The van der Waals surface area contributed by atoms with Crippen molar-refractivity contribution in [1.29, 1.82) is 0 Å². The number of fused-ring (bicyclic) bond motifs is 1. The smallest absolute Gasteiger partial charge is 0.262 e. The molecule has 6 nitrogen and oxygen atoms in total. The number of anilines is 1.